The van der Waals surface area contributed by atoms with Crippen LogP contribution < -0.4 is 4.80 Å². The van der Waals surface area contributed by atoms with Gasteiger partial charge in [-0.1, -0.05) is 23.7 Å². The third-order valence-electron chi connectivity index (χ3n) is 6.22. The summed E-state index contributed by atoms with van der Waals surface area (Å²) < 4.78 is 32.7. The molecule has 36 heavy (non-hydrogen) atoms. The number of ketones is 1. The molecule has 1 aliphatic heterocycles. The van der Waals surface area contributed by atoms with Crippen LogP contribution in [-0.2, 0) is 26.4 Å². The SMILES string of the molecule is CCOC(=O)c1cs/c(=N\N2CCCCC2C(=O)CCS(=O)(=O)c2ccc3cc(Cl)ccc3c2)n1C. The molecule has 0 amide bonds. The van der Waals surface area contributed by atoms with Gasteiger partial charge >= 0.3 is 5.97 Å². The highest BCUT2D eigenvalue weighted by molar-refractivity contribution is 7.91. The summed E-state index contributed by atoms with van der Waals surface area (Å²) in [5.41, 5.74) is 0.393. The van der Waals surface area contributed by atoms with Gasteiger partial charge in [0.25, 0.3) is 0 Å². The van der Waals surface area contributed by atoms with Crippen LogP contribution in [0, 0.1) is 0 Å². The maximum atomic E-state index is 13.2. The van der Waals surface area contributed by atoms with Gasteiger partial charge in [-0.15, -0.1) is 16.4 Å². The Labute approximate surface area is 219 Å². The van der Waals surface area contributed by atoms with Crippen molar-refractivity contribution in [1.29, 1.82) is 0 Å². The van der Waals surface area contributed by atoms with Gasteiger partial charge in [0.05, 0.1) is 17.3 Å². The highest BCUT2D eigenvalue weighted by atomic mass is 35.5. The third-order valence-corrected chi connectivity index (χ3v) is 9.08. The Bertz CT molecular complexity index is 1460. The molecule has 1 aliphatic rings. The number of aromatic nitrogens is 1. The van der Waals surface area contributed by atoms with Gasteiger partial charge in [0, 0.05) is 30.4 Å². The summed E-state index contributed by atoms with van der Waals surface area (Å²) in [5, 5.41) is 10.3. The number of esters is 1. The number of carbonyl (C=O) groups excluding carboxylic acids is 2. The molecule has 4 rings (SSSR count). The zero-order valence-electron chi connectivity index (χ0n) is 20.1. The van der Waals surface area contributed by atoms with E-state index in [9.17, 15) is 18.0 Å². The molecular formula is C25H28ClN3O5S2. The molecule has 2 heterocycles. The number of benzene rings is 2. The first kappa shape index (κ1) is 26.4. The van der Waals surface area contributed by atoms with Crippen LogP contribution in [0.15, 0.2) is 51.8 Å². The van der Waals surface area contributed by atoms with Crippen molar-refractivity contribution in [3.8, 4) is 0 Å². The molecule has 0 bridgehead atoms. The summed E-state index contributed by atoms with van der Waals surface area (Å²) in [6, 6.07) is 9.67. The smallest absolute Gasteiger partial charge is 0.355 e. The van der Waals surface area contributed by atoms with Crippen molar-refractivity contribution in [2.45, 2.75) is 43.5 Å². The summed E-state index contributed by atoms with van der Waals surface area (Å²) in [5.74, 6) is -0.847. The predicted molar refractivity (Wildman–Crippen MR) is 140 cm³/mol. The fraction of sp³-hybridized carbons (Fsp3) is 0.400. The summed E-state index contributed by atoms with van der Waals surface area (Å²) >= 11 is 7.31. The number of rotatable bonds is 8. The number of fused-ring (bicyclic) bond motifs is 1. The molecule has 0 aliphatic carbocycles. The molecule has 192 valence electrons. The molecule has 1 unspecified atom stereocenters. The minimum absolute atomic E-state index is 0.0949. The fourth-order valence-corrected chi connectivity index (χ4v) is 6.58. The number of nitrogens with zero attached hydrogens (tertiary/aromatic N) is 3. The molecule has 1 fully saturated rings. The van der Waals surface area contributed by atoms with Gasteiger partial charge in [0.1, 0.15) is 11.7 Å². The average molecular weight is 550 g/mol. The molecule has 0 radical (unpaired) electrons. The molecule has 8 nitrogen and oxygen atoms in total. The van der Waals surface area contributed by atoms with E-state index < -0.39 is 21.8 Å². The molecule has 0 saturated carbocycles. The van der Waals surface area contributed by atoms with E-state index in [-0.39, 0.29) is 29.5 Å². The maximum absolute atomic E-state index is 13.2. The van der Waals surface area contributed by atoms with Gasteiger partial charge < -0.3 is 9.30 Å². The van der Waals surface area contributed by atoms with Crippen LogP contribution in [0.25, 0.3) is 10.8 Å². The van der Waals surface area contributed by atoms with E-state index in [1.54, 1.807) is 65.3 Å². The van der Waals surface area contributed by atoms with Gasteiger partial charge in [0.15, 0.2) is 15.6 Å². The first-order chi connectivity index (χ1) is 17.2. The predicted octanol–water partition coefficient (Wildman–Crippen LogP) is 4.17. The number of hydrogen-bond acceptors (Lipinski definition) is 8. The normalized spacial score (nSPS) is 16.9. The molecular weight excluding hydrogens is 522 g/mol. The standard InChI is InChI=1S/C25H28ClN3O5S2/c1-3-34-24(31)22-16-35-25(28(22)2)27-29-12-5-4-6-21(29)23(30)11-13-36(32,33)20-10-8-17-14-19(26)9-7-18(17)15-20/h7-10,14-16,21H,3-6,11-13H2,1-2H3/b27-25-. The molecule has 2 aromatic carbocycles. The number of Topliss-reactive ketones (excluding diaryl/α,β-unsaturated/α-hetero) is 1. The summed E-state index contributed by atoms with van der Waals surface area (Å²) in [7, 11) is -1.92. The minimum atomic E-state index is -3.65. The van der Waals surface area contributed by atoms with Crippen LogP contribution in [0.5, 0.6) is 0 Å². The molecule has 0 spiro atoms. The first-order valence-corrected chi connectivity index (χ1v) is 14.7. The van der Waals surface area contributed by atoms with Gasteiger partial charge in [-0.25, -0.2) is 13.2 Å². The summed E-state index contributed by atoms with van der Waals surface area (Å²) in [4.78, 5) is 26.0. The highest BCUT2D eigenvalue weighted by Crippen LogP contribution is 2.24. The monoisotopic (exact) mass is 549 g/mol. The minimum Gasteiger partial charge on any atom is -0.461 e. The van der Waals surface area contributed by atoms with Crippen LogP contribution in [0.3, 0.4) is 0 Å². The quantitative estimate of drug-likeness (QED) is 0.391. The van der Waals surface area contributed by atoms with Crippen molar-refractivity contribution >= 4 is 55.3 Å². The average Bonchev–Trinajstić information content (AvgIpc) is 3.22. The lowest BCUT2D eigenvalue weighted by Gasteiger charge is -2.32. The Morgan fingerprint density at radius 2 is 1.92 bits per heavy atom. The van der Waals surface area contributed by atoms with Crippen LogP contribution in [0.2, 0.25) is 5.02 Å². The fourth-order valence-electron chi connectivity index (χ4n) is 4.23. The van der Waals surface area contributed by atoms with E-state index in [2.05, 4.69) is 5.10 Å². The van der Waals surface area contributed by atoms with E-state index in [1.807, 2.05) is 0 Å². The van der Waals surface area contributed by atoms with Crippen molar-refractivity contribution in [3.05, 3.63) is 57.3 Å². The maximum Gasteiger partial charge on any atom is 0.355 e. The number of sulfone groups is 1. The Balaban J connectivity index is 1.49. The summed E-state index contributed by atoms with van der Waals surface area (Å²) in [6.45, 7) is 2.61. The van der Waals surface area contributed by atoms with Crippen molar-refractivity contribution in [3.63, 3.8) is 0 Å². The lowest BCUT2D eigenvalue weighted by molar-refractivity contribution is -0.125. The lowest BCUT2D eigenvalue weighted by Crippen LogP contribution is -2.43. The lowest BCUT2D eigenvalue weighted by atomic mass is 9.99. The molecule has 1 aromatic heterocycles. The van der Waals surface area contributed by atoms with Gasteiger partial charge in [-0.3, -0.25) is 9.80 Å². The Morgan fingerprint density at radius 1 is 1.17 bits per heavy atom. The molecule has 3 aromatic rings. The number of halogens is 1. The second kappa shape index (κ2) is 11.1. The molecule has 11 heteroatoms. The summed E-state index contributed by atoms with van der Waals surface area (Å²) in [6.07, 6.45) is 2.26. The first-order valence-electron chi connectivity index (χ1n) is 11.8. The highest BCUT2D eigenvalue weighted by Gasteiger charge is 2.29. The van der Waals surface area contributed by atoms with Crippen LogP contribution in [-0.4, -0.2) is 54.7 Å². The Hall–Kier alpha value is -2.69. The van der Waals surface area contributed by atoms with Crippen LogP contribution >= 0.6 is 22.9 Å². The van der Waals surface area contributed by atoms with E-state index >= 15 is 0 Å². The number of piperidine rings is 1. The van der Waals surface area contributed by atoms with E-state index in [1.165, 1.54) is 11.3 Å². The van der Waals surface area contributed by atoms with Crippen LogP contribution in [0.4, 0.5) is 0 Å². The Morgan fingerprint density at radius 3 is 2.69 bits per heavy atom. The van der Waals surface area contributed by atoms with E-state index in [0.717, 1.165) is 23.6 Å². The number of thiazole rings is 1. The molecule has 1 saturated heterocycles. The molecule has 0 N–H and O–H groups in total. The number of carbonyl (C=O) groups is 2. The van der Waals surface area contributed by atoms with Crippen molar-refractivity contribution in [2.75, 3.05) is 18.9 Å². The van der Waals surface area contributed by atoms with Gasteiger partial charge in [-0.05, 0) is 61.2 Å². The zero-order valence-corrected chi connectivity index (χ0v) is 22.5. The Kier molecular flexibility index (Phi) is 8.17. The number of ether oxygens (including phenoxy) is 1. The zero-order chi connectivity index (χ0) is 25.9. The second-order valence-corrected chi connectivity index (χ2v) is 12.0. The van der Waals surface area contributed by atoms with Crippen molar-refractivity contribution in [1.82, 2.24) is 9.58 Å². The number of hydrogen-bond donors (Lipinski definition) is 0. The second-order valence-electron chi connectivity index (χ2n) is 8.65. The van der Waals surface area contributed by atoms with E-state index in [4.69, 9.17) is 16.3 Å². The van der Waals surface area contributed by atoms with Gasteiger partial charge in [-0.2, -0.15) is 0 Å². The van der Waals surface area contributed by atoms with Crippen LogP contribution in [0.1, 0.15) is 43.1 Å². The van der Waals surface area contributed by atoms with E-state index in [0.29, 0.717) is 28.5 Å². The topological polar surface area (TPSA) is 98.0 Å². The molecule has 1 atom stereocenters. The van der Waals surface area contributed by atoms with Gasteiger partial charge in [0.2, 0.25) is 4.80 Å². The van der Waals surface area contributed by atoms with Crippen molar-refractivity contribution in [2.24, 2.45) is 12.1 Å². The van der Waals surface area contributed by atoms with Crippen molar-refractivity contribution < 1.29 is 22.7 Å². The largest absolute Gasteiger partial charge is 0.461 e. The third kappa shape index (κ3) is 5.82.